The molecule has 3 amide bonds. The molecule has 1 fully saturated rings. The summed E-state index contributed by atoms with van der Waals surface area (Å²) in [6.07, 6.45) is 1.51. The van der Waals surface area contributed by atoms with Crippen molar-refractivity contribution in [3.63, 3.8) is 0 Å². The van der Waals surface area contributed by atoms with Crippen LogP contribution < -0.4 is 10.6 Å². The number of furan rings is 1. The smallest absolute Gasteiger partial charge is 0.348 e. The lowest BCUT2D eigenvalue weighted by atomic mass is 10.3. The lowest BCUT2D eigenvalue weighted by Crippen LogP contribution is -2.29. The fourth-order valence-corrected chi connectivity index (χ4v) is 2.44. The number of aliphatic imine (C=N–C) groups is 1. The Morgan fingerprint density at radius 1 is 1.36 bits per heavy atom. The second kappa shape index (κ2) is 6.89. The van der Waals surface area contributed by atoms with Crippen molar-refractivity contribution in [2.45, 2.75) is 0 Å². The van der Waals surface area contributed by atoms with Crippen LogP contribution in [0.3, 0.4) is 0 Å². The van der Waals surface area contributed by atoms with Gasteiger partial charge in [-0.25, -0.2) is 9.18 Å². The molecule has 128 valence electrons. The predicted octanol–water partition coefficient (Wildman–Crippen LogP) is 3.17. The molecular weight excluding hydrogens is 395 g/mol. The van der Waals surface area contributed by atoms with Gasteiger partial charge >= 0.3 is 6.03 Å². The number of carbonyl (C=O) groups excluding carboxylic acids is 2. The van der Waals surface area contributed by atoms with Crippen LogP contribution in [0.25, 0.3) is 6.08 Å². The van der Waals surface area contributed by atoms with E-state index in [4.69, 9.17) is 4.42 Å². The number of nitrogens with one attached hydrogen (secondary N) is 2. The molecule has 0 radical (unpaired) electrons. The van der Waals surface area contributed by atoms with E-state index in [2.05, 4.69) is 31.6 Å². The molecule has 2 aromatic rings. The molecule has 9 heteroatoms. The number of hydrogen-bond acceptors (Lipinski definition) is 3. The maximum Gasteiger partial charge on any atom is 0.348 e. The third-order valence-electron chi connectivity index (χ3n) is 3.33. The highest BCUT2D eigenvalue weighted by molar-refractivity contribution is 9.10. The number of halogens is 2. The first-order chi connectivity index (χ1) is 11.9. The van der Waals surface area contributed by atoms with Crippen molar-refractivity contribution < 1.29 is 18.4 Å². The number of para-hydroxylation sites is 1. The number of benzene rings is 1. The van der Waals surface area contributed by atoms with E-state index in [1.165, 1.54) is 29.2 Å². The fraction of sp³-hybridized carbons (Fsp3) is 0.0625. The van der Waals surface area contributed by atoms with Gasteiger partial charge in [0.05, 0.1) is 5.69 Å². The first-order valence-corrected chi connectivity index (χ1v) is 7.89. The van der Waals surface area contributed by atoms with E-state index in [-0.39, 0.29) is 17.3 Å². The zero-order valence-electron chi connectivity index (χ0n) is 12.9. The Kier molecular flexibility index (Phi) is 4.66. The summed E-state index contributed by atoms with van der Waals surface area (Å²) in [4.78, 5) is 29.2. The maximum atomic E-state index is 13.5. The first-order valence-electron chi connectivity index (χ1n) is 7.10. The Labute approximate surface area is 150 Å². The Bertz CT molecular complexity index is 906. The molecule has 1 aromatic carbocycles. The van der Waals surface area contributed by atoms with Gasteiger partial charge in [0.15, 0.2) is 4.67 Å². The highest BCUT2D eigenvalue weighted by atomic mass is 79.9. The van der Waals surface area contributed by atoms with Gasteiger partial charge in [0, 0.05) is 13.1 Å². The van der Waals surface area contributed by atoms with Crippen molar-refractivity contribution in [2.24, 2.45) is 4.99 Å². The van der Waals surface area contributed by atoms with Crippen molar-refractivity contribution in [3.8, 4) is 0 Å². The number of urea groups is 1. The Morgan fingerprint density at radius 3 is 2.80 bits per heavy atom. The molecule has 1 aliphatic heterocycles. The Balaban J connectivity index is 1.78. The standard InChI is InChI=1S/C16H12BrFN4O3/c1-22-12(8-9-6-7-13(17)25-9)14(23)20-15(22)21-16(24)19-11-5-3-2-4-10(11)18/h2-8H,1H3,(H2,19,20,21,23,24)/b12-8+. The molecule has 0 saturated carbocycles. The quantitative estimate of drug-likeness (QED) is 0.749. The summed E-state index contributed by atoms with van der Waals surface area (Å²) in [6.45, 7) is 0. The SMILES string of the molecule is CN1/C(=C/c2ccc(Br)o2)C(=O)N/C1=N\C(=O)Nc1ccccc1F. The van der Waals surface area contributed by atoms with E-state index in [1.54, 1.807) is 25.2 Å². The van der Waals surface area contributed by atoms with Gasteiger partial charge in [0.2, 0.25) is 5.96 Å². The normalized spacial score (nSPS) is 17.2. The third kappa shape index (κ3) is 3.77. The zero-order chi connectivity index (χ0) is 18.0. The summed E-state index contributed by atoms with van der Waals surface area (Å²) in [5, 5.41) is 4.79. The van der Waals surface area contributed by atoms with E-state index in [0.717, 1.165) is 0 Å². The Hall–Kier alpha value is -2.94. The molecule has 1 aromatic heterocycles. The van der Waals surface area contributed by atoms with Crippen molar-refractivity contribution >= 4 is 45.6 Å². The number of carbonyl (C=O) groups is 2. The van der Waals surface area contributed by atoms with Crippen LogP contribution in [0.15, 0.2) is 56.2 Å². The van der Waals surface area contributed by atoms with Gasteiger partial charge in [-0.3, -0.25) is 10.1 Å². The van der Waals surface area contributed by atoms with Crippen molar-refractivity contribution in [1.29, 1.82) is 0 Å². The molecule has 0 aliphatic carbocycles. The van der Waals surface area contributed by atoms with Crippen LogP contribution in [0.2, 0.25) is 0 Å². The second-order valence-corrected chi connectivity index (χ2v) is 5.81. The molecule has 0 unspecified atom stereocenters. The monoisotopic (exact) mass is 406 g/mol. The lowest BCUT2D eigenvalue weighted by Gasteiger charge is -2.10. The number of anilines is 1. The molecule has 25 heavy (non-hydrogen) atoms. The topological polar surface area (TPSA) is 86.9 Å². The molecule has 2 N–H and O–H groups in total. The number of nitrogens with zero attached hydrogens (tertiary/aromatic N) is 2. The van der Waals surface area contributed by atoms with Gasteiger partial charge < -0.3 is 14.6 Å². The minimum atomic E-state index is -0.811. The summed E-state index contributed by atoms with van der Waals surface area (Å²) in [5.41, 5.74) is 0.249. The van der Waals surface area contributed by atoms with E-state index in [0.29, 0.717) is 10.4 Å². The lowest BCUT2D eigenvalue weighted by molar-refractivity contribution is -0.115. The van der Waals surface area contributed by atoms with Gasteiger partial charge in [-0.05, 0) is 40.2 Å². The molecule has 0 spiro atoms. The summed E-state index contributed by atoms with van der Waals surface area (Å²) in [6, 6.07) is 8.27. The molecule has 2 heterocycles. The summed E-state index contributed by atoms with van der Waals surface area (Å²) >= 11 is 3.18. The number of guanidine groups is 1. The molecular formula is C16H12BrFN4O3. The van der Waals surface area contributed by atoms with Crippen molar-refractivity contribution in [3.05, 3.63) is 58.3 Å². The average Bonchev–Trinajstić information content (AvgIpc) is 3.08. The third-order valence-corrected chi connectivity index (χ3v) is 3.76. The first kappa shape index (κ1) is 16.9. The minimum absolute atomic E-state index is 0.0000258. The fourth-order valence-electron chi connectivity index (χ4n) is 2.12. The van der Waals surface area contributed by atoms with E-state index >= 15 is 0 Å². The second-order valence-electron chi connectivity index (χ2n) is 5.03. The van der Waals surface area contributed by atoms with E-state index in [9.17, 15) is 14.0 Å². The number of rotatable bonds is 2. The molecule has 0 atom stereocenters. The van der Waals surface area contributed by atoms with Crippen LogP contribution in [0, 0.1) is 5.82 Å². The molecule has 1 saturated heterocycles. The summed E-state index contributed by atoms with van der Waals surface area (Å²) in [7, 11) is 1.57. The Morgan fingerprint density at radius 2 is 2.12 bits per heavy atom. The highest BCUT2D eigenvalue weighted by Crippen LogP contribution is 2.20. The summed E-state index contributed by atoms with van der Waals surface area (Å²) < 4.78 is 19.4. The van der Waals surface area contributed by atoms with Crippen LogP contribution in [0.5, 0.6) is 0 Å². The minimum Gasteiger partial charge on any atom is -0.450 e. The van der Waals surface area contributed by atoms with Crippen LogP contribution in [-0.2, 0) is 4.79 Å². The van der Waals surface area contributed by atoms with Gasteiger partial charge in [0.25, 0.3) is 5.91 Å². The number of hydrogen-bond donors (Lipinski definition) is 2. The van der Waals surface area contributed by atoms with Gasteiger partial charge in [-0.2, -0.15) is 4.99 Å². The highest BCUT2D eigenvalue weighted by Gasteiger charge is 2.29. The van der Waals surface area contributed by atoms with E-state index in [1.807, 2.05) is 0 Å². The molecule has 7 nitrogen and oxygen atoms in total. The predicted molar refractivity (Wildman–Crippen MR) is 93.1 cm³/mol. The average molecular weight is 407 g/mol. The molecule has 0 bridgehead atoms. The summed E-state index contributed by atoms with van der Waals surface area (Å²) in [5.74, 6) is -0.534. The molecule has 1 aliphatic rings. The zero-order valence-corrected chi connectivity index (χ0v) is 14.5. The van der Waals surface area contributed by atoms with Gasteiger partial charge in [-0.15, -0.1) is 0 Å². The van der Waals surface area contributed by atoms with Gasteiger partial charge in [-0.1, -0.05) is 12.1 Å². The maximum absolute atomic E-state index is 13.5. The van der Waals surface area contributed by atoms with Crippen molar-refractivity contribution in [2.75, 3.05) is 12.4 Å². The largest absolute Gasteiger partial charge is 0.450 e. The number of amides is 3. The number of likely N-dealkylation sites (N-methyl/N-ethyl adjacent to an activating group) is 1. The molecule has 3 rings (SSSR count). The van der Waals surface area contributed by atoms with Gasteiger partial charge in [0.1, 0.15) is 17.3 Å². The van der Waals surface area contributed by atoms with Crippen molar-refractivity contribution in [1.82, 2.24) is 10.2 Å². The van der Waals surface area contributed by atoms with Crippen LogP contribution in [0.1, 0.15) is 5.76 Å². The van der Waals surface area contributed by atoms with Crippen LogP contribution in [-0.4, -0.2) is 29.8 Å². The van der Waals surface area contributed by atoms with E-state index < -0.39 is 17.8 Å². The van der Waals surface area contributed by atoms with Crippen LogP contribution in [0.4, 0.5) is 14.9 Å². The van der Waals surface area contributed by atoms with Crippen LogP contribution >= 0.6 is 15.9 Å².